The number of halogens is 5. The first-order valence-electron chi connectivity index (χ1n) is 4.70. The van der Waals surface area contributed by atoms with Crippen molar-refractivity contribution in [1.82, 2.24) is 0 Å². The summed E-state index contributed by atoms with van der Waals surface area (Å²) in [6.45, 7) is 0.171. The fraction of sp³-hybridized carbons (Fsp3) is 0.400. The third kappa shape index (κ3) is 1.48. The fourth-order valence-corrected chi connectivity index (χ4v) is 1.81. The molecule has 6 heteroatoms. The molecule has 1 aromatic carbocycles. The Morgan fingerprint density at radius 1 is 0.875 bits per heavy atom. The van der Waals surface area contributed by atoms with Crippen molar-refractivity contribution >= 4 is 0 Å². The third-order valence-electron chi connectivity index (χ3n) is 2.84. The van der Waals surface area contributed by atoms with Crippen molar-refractivity contribution in [3.8, 4) is 0 Å². The Morgan fingerprint density at radius 3 is 1.69 bits per heavy atom. The second kappa shape index (κ2) is 3.69. The largest absolute Gasteiger partial charge is 0.330 e. The molecule has 2 N–H and O–H groups in total. The summed E-state index contributed by atoms with van der Waals surface area (Å²) >= 11 is 0. The van der Waals surface area contributed by atoms with E-state index in [1.54, 1.807) is 0 Å². The van der Waals surface area contributed by atoms with Crippen LogP contribution in [0.4, 0.5) is 22.0 Å². The molecule has 0 unspecified atom stereocenters. The van der Waals surface area contributed by atoms with E-state index in [0.717, 1.165) is 0 Å². The van der Waals surface area contributed by atoms with E-state index in [1.165, 1.54) is 0 Å². The van der Waals surface area contributed by atoms with Crippen molar-refractivity contribution in [2.45, 2.75) is 12.3 Å². The second-order valence-electron chi connectivity index (χ2n) is 3.82. The predicted octanol–water partition coefficient (Wildman–Crippen LogP) is 2.44. The van der Waals surface area contributed by atoms with Gasteiger partial charge in [0, 0.05) is 5.56 Å². The molecule has 16 heavy (non-hydrogen) atoms. The van der Waals surface area contributed by atoms with Crippen molar-refractivity contribution in [3.63, 3.8) is 0 Å². The molecule has 0 radical (unpaired) electrons. The molecule has 0 aromatic heterocycles. The molecule has 2 rings (SSSR count). The quantitative estimate of drug-likeness (QED) is 0.477. The Labute approximate surface area is 88.1 Å². The normalized spacial score (nSPS) is 23.6. The molecule has 1 saturated carbocycles. The topological polar surface area (TPSA) is 26.0 Å². The van der Waals surface area contributed by atoms with E-state index in [-0.39, 0.29) is 12.5 Å². The van der Waals surface area contributed by atoms with Crippen LogP contribution in [0.2, 0.25) is 0 Å². The van der Waals surface area contributed by atoms with E-state index in [0.29, 0.717) is 6.42 Å². The Morgan fingerprint density at radius 2 is 1.31 bits per heavy atom. The molecule has 1 aliphatic carbocycles. The lowest BCUT2D eigenvalue weighted by atomic mass is 10.1. The fourth-order valence-electron chi connectivity index (χ4n) is 1.81. The van der Waals surface area contributed by atoms with Gasteiger partial charge in [-0.25, -0.2) is 22.0 Å². The molecular formula is C10H8F5N. The highest BCUT2D eigenvalue weighted by molar-refractivity contribution is 5.31. The van der Waals surface area contributed by atoms with Crippen LogP contribution in [0.15, 0.2) is 0 Å². The predicted molar refractivity (Wildman–Crippen MR) is 46.1 cm³/mol. The van der Waals surface area contributed by atoms with Crippen molar-refractivity contribution in [2.75, 3.05) is 6.54 Å². The van der Waals surface area contributed by atoms with Gasteiger partial charge in [0.05, 0.1) is 0 Å². The number of benzene rings is 1. The molecular weight excluding hydrogens is 229 g/mol. The monoisotopic (exact) mass is 237 g/mol. The van der Waals surface area contributed by atoms with Crippen LogP contribution in [0.25, 0.3) is 0 Å². The first-order valence-corrected chi connectivity index (χ1v) is 4.70. The minimum atomic E-state index is -2.12. The number of rotatable bonds is 2. The van der Waals surface area contributed by atoms with Gasteiger partial charge in [0.25, 0.3) is 0 Å². The van der Waals surface area contributed by atoms with Gasteiger partial charge in [-0.15, -0.1) is 0 Å². The van der Waals surface area contributed by atoms with Gasteiger partial charge in [-0.1, -0.05) is 0 Å². The summed E-state index contributed by atoms with van der Waals surface area (Å²) in [6, 6.07) is 0. The zero-order valence-electron chi connectivity index (χ0n) is 8.04. The summed E-state index contributed by atoms with van der Waals surface area (Å²) in [7, 11) is 0. The van der Waals surface area contributed by atoms with Crippen LogP contribution < -0.4 is 5.73 Å². The summed E-state index contributed by atoms with van der Waals surface area (Å²) in [5, 5.41) is 0. The maximum absolute atomic E-state index is 13.2. The van der Waals surface area contributed by atoms with Gasteiger partial charge >= 0.3 is 0 Å². The molecule has 0 aliphatic heterocycles. The van der Waals surface area contributed by atoms with Crippen molar-refractivity contribution in [2.24, 2.45) is 11.7 Å². The van der Waals surface area contributed by atoms with Gasteiger partial charge in [0.2, 0.25) is 5.82 Å². The molecule has 2 atom stereocenters. The lowest BCUT2D eigenvalue weighted by molar-refractivity contribution is 0.369. The highest BCUT2D eigenvalue weighted by Crippen LogP contribution is 2.49. The van der Waals surface area contributed by atoms with E-state index >= 15 is 0 Å². The number of hydrogen-bond acceptors (Lipinski definition) is 1. The van der Waals surface area contributed by atoms with Crippen LogP contribution in [-0.2, 0) is 0 Å². The average molecular weight is 237 g/mol. The van der Waals surface area contributed by atoms with Gasteiger partial charge in [-0.3, -0.25) is 0 Å². The Balaban J connectivity index is 2.54. The van der Waals surface area contributed by atoms with Crippen LogP contribution >= 0.6 is 0 Å². The summed E-state index contributed by atoms with van der Waals surface area (Å²) in [5.74, 6) is -10.2. The Bertz CT molecular complexity index is 416. The van der Waals surface area contributed by atoms with Crippen LogP contribution in [-0.4, -0.2) is 6.54 Å². The highest BCUT2D eigenvalue weighted by Gasteiger charge is 2.43. The highest BCUT2D eigenvalue weighted by atomic mass is 19.2. The Hall–Kier alpha value is -1.17. The molecule has 0 saturated heterocycles. The molecule has 88 valence electrons. The SMILES string of the molecule is NC[C@@H]1C[C@H]1c1c(F)c(F)c(F)c(F)c1F. The van der Waals surface area contributed by atoms with Gasteiger partial charge in [-0.05, 0) is 24.8 Å². The van der Waals surface area contributed by atoms with Crippen molar-refractivity contribution < 1.29 is 22.0 Å². The van der Waals surface area contributed by atoms with Crippen LogP contribution in [0.1, 0.15) is 17.9 Å². The first kappa shape index (κ1) is 11.3. The molecule has 1 aliphatic rings. The lowest BCUT2D eigenvalue weighted by Crippen LogP contribution is -2.09. The molecule has 0 amide bonds. The molecule has 0 bridgehead atoms. The zero-order chi connectivity index (χ0) is 12.0. The zero-order valence-corrected chi connectivity index (χ0v) is 8.04. The summed E-state index contributed by atoms with van der Waals surface area (Å²) in [6.07, 6.45) is 0.356. The molecule has 1 fully saturated rings. The van der Waals surface area contributed by atoms with Gasteiger partial charge in [-0.2, -0.15) is 0 Å². The maximum atomic E-state index is 13.2. The first-order chi connectivity index (χ1) is 7.49. The van der Waals surface area contributed by atoms with E-state index in [4.69, 9.17) is 5.73 Å². The van der Waals surface area contributed by atoms with E-state index in [9.17, 15) is 22.0 Å². The second-order valence-corrected chi connectivity index (χ2v) is 3.82. The van der Waals surface area contributed by atoms with E-state index < -0.39 is 40.6 Å². The minimum Gasteiger partial charge on any atom is -0.330 e. The lowest BCUT2D eigenvalue weighted by Gasteiger charge is -2.07. The molecule has 1 nitrogen and oxygen atoms in total. The van der Waals surface area contributed by atoms with Crippen LogP contribution in [0, 0.1) is 35.0 Å². The third-order valence-corrected chi connectivity index (χ3v) is 2.84. The molecule has 1 aromatic rings. The van der Waals surface area contributed by atoms with E-state index in [2.05, 4.69) is 0 Å². The van der Waals surface area contributed by atoms with Gasteiger partial charge in [0.15, 0.2) is 23.3 Å². The van der Waals surface area contributed by atoms with Crippen molar-refractivity contribution in [1.29, 1.82) is 0 Å². The summed E-state index contributed by atoms with van der Waals surface area (Å²) in [4.78, 5) is 0. The van der Waals surface area contributed by atoms with Gasteiger partial charge < -0.3 is 5.73 Å². The van der Waals surface area contributed by atoms with Crippen LogP contribution in [0.3, 0.4) is 0 Å². The smallest absolute Gasteiger partial charge is 0.200 e. The Kier molecular flexibility index (Phi) is 2.61. The summed E-state index contributed by atoms with van der Waals surface area (Å²) in [5.41, 5.74) is 4.53. The maximum Gasteiger partial charge on any atom is 0.200 e. The number of nitrogens with two attached hydrogens (primary N) is 1. The molecule has 0 heterocycles. The number of hydrogen-bond donors (Lipinski definition) is 1. The van der Waals surface area contributed by atoms with Gasteiger partial charge in [0.1, 0.15) is 0 Å². The standard InChI is InChI=1S/C10H8F5N/c11-6-5(4-1-3(4)2-16)7(12)9(14)10(15)8(6)13/h3-4H,1-2,16H2/t3-,4+/m0/s1. The molecule has 0 spiro atoms. The minimum absolute atomic E-state index is 0.171. The average Bonchev–Trinajstić information content (AvgIpc) is 3.03. The van der Waals surface area contributed by atoms with E-state index in [1.807, 2.05) is 0 Å². The van der Waals surface area contributed by atoms with Crippen LogP contribution in [0.5, 0.6) is 0 Å². The van der Waals surface area contributed by atoms with Crippen molar-refractivity contribution in [3.05, 3.63) is 34.6 Å². The summed E-state index contributed by atoms with van der Waals surface area (Å²) < 4.78 is 64.8.